The number of amides is 1. The largest absolute Gasteiger partial charge is 0.321 e. The number of nitrogens with one attached hydrogen (secondary N) is 2. The van der Waals surface area contributed by atoms with Crippen molar-refractivity contribution >= 4 is 55.8 Å². The van der Waals surface area contributed by atoms with Crippen LogP contribution in [0.3, 0.4) is 0 Å². The average Bonchev–Trinajstić information content (AvgIpc) is 2.49. The van der Waals surface area contributed by atoms with Gasteiger partial charge < -0.3 is 5.32 Å². The van der Waals surface area contributed by atoms with Crippen LogP contribution in [0.2, 0.25) is 5.02 Å². The number of rotatable bonds is 5. The van der Waals surface area contributed by atoms with E-state index in [9.17, 15) is 13.2 Å². The minimum Gasteiger partial charge on any atom is -0.321 e. The van der Waals surface area contributed by atoms with Crippen molar-refractivity contribution in [1.82, 2.24) is 4.72 Å². The second-order valence-electron chi connectivity index (χ2n) is 5.38. The molecule has 0 saturated heterocycles. The molecule has 2 aromatic carbocycles. The summed E-state index contributed by atoms with van der Waals surface area (Å²) in [4.78, 5) is 12.4. The lowest BCUT2D eigenvalue weighted by Crippen LogP contribution is -2.30. The van der Waals surface area contributed by atoms with Gasteiger partial charge in [0.25, 0.3) is 5.91 Å². The Morgan fingerprint density at radius 2 is 1.88 bits per heavy atom. The molecule has 2 aromatic rings. The molecular weight excluding hydrogens is 463 g/mol. The monoisotopic (exact) mass is 478 g/mol. The maximum Gasteiger partial charge on any atom is 0.255 e. The number of halogens is 2. The van der Waals surface area contributed by atoms with E-state index in [1.54, 1.807) is 32.0 Å². The first-order chi connectivity index (χ1) is 11.2. The average molecular weight is 479 g/mol. The molecule has 0 unspecified atom stereocenters. The molecule has 0 heterocycles. The highest BCUT2D eigenvalue weighted by Gasteiger charge is 2.17. The fourth-order valence-corrected chi connectivity index (χ4v) is 4.17. The molecule has 0 atom stereocenters. The van der Waals surface area contributed by atoms with Gasteiger partial charge in [-0.3, -0.25) is 4.79 Å². The Morgan fingerprint density at radius 1 is 1.17 bits per heavy atom. The van der Waals surface area contributed by atoms with Crippen molar-refractivity contribution in [2.45, 2.75) is 24.8 Å². The van der Waals surface area contributed by atoms with Gasteiger partial charge in [0.1, 0.15) is 0 Å². The standard InChI is InChI=1S/C16H16ClIN2O3S/c1-10(2)20-24(22,23)13-5-3-4-11(8-13)16(21)19-15-7-6-12(18)9-14(15)17/h3-10,20H,1-2H3,(H,19,21). The molecule has 0 radical (unpaired) electrons. The topological polar surface area (TPSA) is 75.3 Å². The predicted octanol–water partition coefficient (Wildman–Crippen LogP) is 3.88. The van der Waals surface area contributed by atoms with Gasteiger partial charge in [0, 0.05) is 15.2 Å². The third-order valence-corrected chi connectivity index (χ3v) is 5.62. The number of benzene rings is 2. The Kier molecular flexibility index (Phi) is 6.24. The van der Waals surface area contributed by atoms with Crippen LogP contribution in [0.25, 0.3) is 0 Å². The van der Waals surface area contributed by atoms with Gasteiger partial charge >= 0.3 is 0 Å². The molecule has 1 amide bonds. The molecule has 2 N–H and O–H groups in total. The van der Waals surface area contributed by atoms with Gasteiger partial charge in [0.15, 0.2) is 0 Å². The second kappa shape index (κ2) is 7.81. The molecule has 5 nitrogen and oxygen atoms in total. The number of hydrogen-bond donors (Lipinski definition) is 2. The summed E-state index contributed by atoms with van der Waals surface area (Å²) in [7, 11) is -3.66. The van der Waals surface area contributed by atoms with E-state index >= 15 is 0 Å². The number of hydrogen-bond acceptors (Lipinski definition) is 3. The second-order valence-corrected chi connectivity index (χ2v) is 8.75. The molecule has 24 heavy (non-hydrogen) atoms. The Bertz CT molecular complexity index is 869. The first kappa shape index (κ1) is 19.2. The van der Waals surface area contributed by atoms with Gasteiger partial charge in [-0.15, -0.1) is 0 Å². The lowest BCUT2D eigenvalue weighted by atomic mass is 10.2. The van der Waals surface area contributed by atoms with Gasteiger partial charge in [0.05, 0.1) is 15.6 Å². The molecule has 0 bridgehead atoms. The quantitative estimate of drug-likeness (QED) is 0.641. The molecule has 8 heteroatoms. The Hall–Kier alpha value is -1.16. The minimum atomic E-state index is -3.66. The SMILES string of the molecule is CC(C)NS(=O)(=O)c1cccc(C(=O)Nc2ccc(I)cc2Cl)c1. The van der Waals surface area contributed by atoms with Crippen LogP contribution in [-0.2, 0) is 10.0 Å². The smallest absolute Gasteiger partial charge is 0.255 e. The lowest BCUT2D eigenvalue weighted by Gasteiger charge is -2.11. The van der Waals surface area contributed by atoms with Crippen LogP contribution < -0.4 is 10.0 Å². The Balaban J connectivity index is 2.26. The van der Waals surface area contributed by atoms with E-state index in [4.69, 9.17) is 11.6 Å². The molecule has 2 rings (SSSR count). The van der Waals surface area contributed by atoms with E-state index in [-0.39, 0.29) is 16.5 Å². The van der Waals surface area contributed by atoms with Crippen molar-refractivity contribution in [2.24, 2.45) is 0 Å². The third kappa shape index (κ3) is 4.92. The summed E-state index contributed by atoms with van der Waals surface area (Å²) in [5, 5.41) is 3.10. The first-order valence-electron chi connectivity index (χ1n) is 7.08. The molecule has 0 spiro atoms. The van der Waals surface area contributed by atoms with Gasteiger partial charge in [-0.2, -0.15) is 0 Å². The highest BCUT2D eigenvalue weighted by molar-refractivity contribution is 14.1. The molecule has 0 aliphatic heterocycles. The summed E-state index contributed by atoms with van der Waals surface area (Å²) >= 11 is 8.22. The van der Waals surface area contributed by atoms with Crippen molar-refractivity contribution in [3.8, 4) is 0 Å². The molecule has 0 fully saturated rings. The van der Waals surface area contributed by atoms with Crippen molar-refractivity contribution < 1.29 is 13.2 Å². The zero-order chi connectivity index (χ0) is 17.9. The van der Waals surface area contributed by atoms with Crippen molar-refractivity contribution in [3.63, 3.8) is 0 Å². The zero-order valence-electron chi connectivity index (χ0n) is 13.0. The highest BCUT2D eigenvalue weighted by atomic mass is 127. The van der Waals surface area contributed by atoms with Crippen LogP contribution in [0.5, 0.6) is 0 Å². The Morgan fingerprint density at radius 3 is 2.50 bits per heavy atom. The lowest BCUT2D eigenvalue weighted by molar-refractivity contribution is 0.102. The number of carbonyl (C=O) groups excluding carboxylic acids is 1. The van der Waals surface area contributed by atoms with E-state index in [0.29, 0.717) is 10.7 Å². The van der Waals surface area contributed by atoms with Crippen LogP contribution in [0.4, 0.5) is 5.69 Å². The van der Waals surface area contributed by atoms with Crippen LogP contribution in [0, 0.1) is 3.57 Å². The van der Waals surface area contributed by atoms with E-state index in [1.807, 2.05) is 6.07 Å². The summed E-state index contributed by atoms with van der Waals surface area (Å²) in [6, 6.07) is 10.9. The molecule has 0 saturated carbocycles. The van der Waals surface area contributed by atoms with Gasteiger partial charge in [-0.1, -0.05) is 17.7 Å². The summed E-state index contributed by atoms with van der Waals surface area (Å²) in [5.41, 5.74) is 0.701. The number of carbonyl (C=O) groups is 1. The third-order valence-electron chi connectivity index (χ3n) is 2.98. The summed E-state index contributed by atoms with van der Waals surface area (Å²) in [5.74, 6) is -0.431. The minimum absolute atomic E-state index is 0.0394. The van der Waals surface area contributed by atoms with Gasteiger partial charge in [0.2, 0.25) is 10.0 Å². The van der Waals surface area contributed by atoms with Crippen LogP contribution in [-0.4, -0.2) is 20.4 Å². The Labute approximate surface area is 160 Å². The van der Waals surface area contributed by atoms with Crippen LogP contribution in [0.15, 0.2) is 47.4 Å². The highest BCUT2D eigenvalue weighted by Crippen LogP contribution is 2.24. The van der Waals surface area contributed by atoms with Crippen molar-refractivity contribution in [3.05, 3.63) is 56.6 Å². The van der Waals surface area contributed by atoms with E-state index in [2.05, 4.69) is 32.6 Å². The molecule has 128 valence electrons. The summed E-state index contributed by atoms with van der Waals surface area (Å²) in [6.45, 7) is 3.46. The first-order valence-corrected chi connectivity index (χ1v) is 10.0. The van der Waals surface area contributed by atoms with Gasteiger partial charge in [-0.05, 0) is 72.8 Å². The maximum atomic E-state index is 12.4. The van der Waals surface area contributed by atoms with Crippen LogP contribution >= 0.6 is 34.2 Å². The molecule has 0 aliphatic carbocycles. The van der Waals surface area contributed by atoms with Crippen molar-refractivity contribution in [2.75, 3.05) is 5.32 Å². The molecule has 0 aliphatic rings. The normalized spacial score (nSPS) is 11.5. The van der Waals surface area contributed by atoms with Crippen molar-refractivity contribution in [1.29, 1.82) is 0 Å². The fourth-order valence-electron chi connectivity index (χ4n) is 1.97. The summed E-state index contributed by atoms with van der Waals surface area (Å²) < 4.78 is 27.8. The van der Waals surface area contributed by atoms with E-state index < -0.39 is 15.9 Å². The molecular formula is C16H16ClIN2O3S. The van der Waals surface area contributed by atoms with Crippen LogP contribution in [0.1, 0.15) is 24.2 Å². The zero-order valence-corrected chi connectivity index (χ0v) is 16.7. The molecule has 0 aromatic heterocycles. The number of anilines is 1. The predicted molar refractivity (Wildman–Crippen MR) is 104 cm³/mol. The van der Waals surface area contributed by atoms with E-state index in [0.717, 1.165) is 3.57 Å². The van der Waals surface area contributed by atoms with E-state index in [1.165, 1.54) is 18.2 Å². The fraction of sp³-hybridized carbons (Fsp3) is 0.188. The summed E-state index contributed by atoms with van der Waals surface area (Å²) in [6.07, 6.45) is 0. The number of sulfonamides is 1. The maximum absolute atomic E-state index is 12.4. The van der Waals surface area contributed by atoms with Gasteiger partial charge in [-0.25, -0.2) is 13.1 Å².